The Balaban J connectivity index is 1.55. The Kier molecular flexibility index (Phi) is 6.18. The molecule has 176 valence electrons. The zero-order valence-electron chi connectivity index (χ0n) is 18.6. The van der Waals surface area contributed by atoms with Gasteiger partial charge < -0.3 is 23.9 Å². The monoisotopic (exact) mass is 525 g/mol. The molecule has 0 bridgehead atoms. The van der Waals surface area contributed by atoms with E-state index in [1.54, 1.807) is 24.3 Å². The lowest BCUT2D eigenvalue weighted by atomic mass is 9.94. The van der Waals surface area contributed by atoms with Crippen LogP contribution in [0.3, 0.4) is 0 Å². The van der Waals surface area contributed by atoms with E-state index in [9.17, 15) is 14.7 Å². The van der Waals surface area contributed by atoms with Crippen LogP contribution in [0.25, 0.3) is 11.0 Å². The smallest absolute Gasteiger partial charge is 0.290 e. The summed E-state index contributed by atoms with van der Waals surface area (Å²) in [5, 5.41) is 11.6. The van der Waals surface area contributed by atoms with Crippen molar-refractivity contribution in [3.63, 3.8) is 0 Å². The topological polar surface area (TPSA) is 89.2 Å². The SMILES string of the molecule is CCOc1ccc(C2C(C(=O)c3cc4cc(Br)ccc4o3)=C(O)C(=O)N2CC2CCCO2)cc1. The molecule has 3 heterocycles. The van der Waals surface area contributed by atoms with E-state index in [-0.39, 0.29) is 24.0 Å². The third kappa shape index (κ3) is 4.12. The van der Waals surface area contributed by atoms with Crippen molar-refractivity contribution in [2.45, 2.75) is 31.9 Å². The number of benzene rings is 2. The molecule has 8 heteroatoms. The van der Waals surface area contributed by atoms with Crippen molar-refractivity contribution in [2.75, 3.05) is 19.8 Å². The lowest BCUT2D eigenvalue weighted by Crippen LogP contribution is -2.37. The average molecular weight is 526 g/mol. The van der Waals surface area contributed by atoms with Gasteiger partial charge in [-0.2, -0.15) is 0 Å². The summed E-state index contributed by atoms with van der Waals surface area (Å²) in [5.74, 6) is -0.908. The molecule has 1 fully saturated rings. The highest BCUT2D eigenvalue weighted by Gasteiger charge is 2.45. The second-order valence-electron chi connectivity index (χ2n) is 8.38. The molecular formula is C26H24BrNO6. The number of carbonyl (C=O) groups excluding carboxylic acids is 2. The van der Waals surface area contributed by atoms with Crippen LogP contribution in [-0.2, 0) is 9.53 Å². The molecular weight excluding hydrogens is 502 g/mol. The normalized spacial score (nSPS) is 20.5. The van der Waals surface area contributed by atoms with Crippen LogP contribution in [0, 0.1) is 0 Å². The number of halogens is 1. The largest absolute Gasteiger partial charge is 0.503 e. The van der Waals surface area contributed by atoms with Gasteiger partial charge >= 0.3 is 0 Å². The first-order chi connectivity index (χ1) is 16.5. The maximum absolute atomic E-state index is 13.6. The maximum atomic E-state index is 13.6. The van der Waals surface area contributed by atoms with Crippen LogP contribution in [-0.4, -0.2) is 47.6 Å². The van der Waals surface area contributed by atoms with Gasteiger partial charge in [-0.1, -0.05) is 28.1 Å². The van der Waals surface area contributed by atoms with Gasteiger partial charge in [0, 0.05) is 23.0 Å². The number of hydrogen-bond donors (Lipinski definition) is 1. The molecule has 0 aliphatic carbocycles. The van der Waals surface area contributed by atoms with Gasteiger partial charge in [0.2, 0.25) is 5.78 Å². The summed E-state index contributed by atoms with van der Waals surface area (Å²) in [4.78, 5) is 28.3. The van der Waals surface area contributed by atoms with E-state index in [4.69, 9.17) is 13.9 Å². The Bertz CT molecular complexity index is 1270. The van der Waals surface area contributed by atoms with Crippen molar-refractivity contribution in [3.05, 3.63) is 75.7 Å². The highest BCUT2D eigenvalue weighted by Crippen LogP contribution is 2.40. The van der Waals surface area contributed by atoms with Gasteiger partial charge in [-0.15, -0.1) is 0 Å². The van der Waals surface area contributed by atoms with Crippen molar-refractivity contribution < 1.29 is 28.6 Å². The molecule has 2 aliphatic rings. The minimum absolute atomic E-state index is 0.00489. The number of ether oxygens (including phenoxy) is 2. The van der Waals surface area contributed by atoms with E-state index >= 15 is 0 Å². The fourth-order valence-corrected chi connectivity index (χ4v) is 4.98. The zero-order chi connectivity index (χ0) is 23.8. The van der Waals surface area contributed by atoms with Crippen LogP contribution in [0.15, 0.2) is 68.8 Å². The van der Waals surface area contributed by atoms with Gasteiger partial charge in [-0.25, -0.2) is 0 Å². The number of rotatable bonds is 7. The summed E-state index contributed by atoms with van der Waals surface area (Å²) in [6.07, 6.45) is 1.60. The molecule has 1 aromatic heterocycles. The number of fused-ring (bicyclic) bond motifs is 1. The molecule has 2 atom stereocenters. The van der Waals surface area contributed by atoms with Crippen LogP contribution in [0.2, 0.25) is 0 Å². The fourth-order valence-electron chi connectivity index (χ4n) is 4.60. The predicted octanol–water partition coefficient (Wildman–Crippen LogP) is 5.35. The molecule has 2 unspecified atom stereocenters. The van der Waals surface area contributed by atoms with Crippen molar-refractivity contribution >= 4 is 38.6 Å². The summed E-state index contributed by atoms with van der Waals surface area (Å²) >= 11 is 3.42. The predicted molar refractivity (Wildman–Crippen MR) is 129 cm³/mol. The second kappa shape index (κ2) is 9.27. The highest BCUT2D eigenvalue weighted by molar-refractivity contribution is 9.10. The summed E-state index contributed by atoms with van der Waals surface area (Å²) in [7, 11) is 0. The first-order valence-corrected chi connectivity index (χ1v) is 12.1. The van der Waals surface area contributed by atoms with Gasteiger partial charge in [0.1, 0.15) is 11.3 Å². The highest BCUT2D eigenvalue weighted by atomic mass is 79.9. The number of carbonyl (C=O) groups is 2. The van der Waals surface area contributed by atoms with Gasteiger partial charge in [0.15, 0.2) is 11.5 Å². The number of amides is 1. The van der Waals surface area contributed by atoms with Gasteiger partial charge in [0.05, 0.1) is 24.3 Å². The molecule has 2 aromatic carbocycles. The summed E-state index contributed by atoms with van der Waals surface area (Å²) in [6, 6.07) is 13.5. The molecule has 0 saturated carbocycles. The van der Waals surface area contributed by atoms with Crippen molar-refractivity contribution in [1.29, 1.82) is 0 Å². The summed E-state index contributed by atoms with van der Waals surface area (Å²) < 4.78 is 17.9. The van der Waals surface area contributed by atoms with E-state index in [0.717, 1.165) is 22.7 Å². The number of nitrogens with zero attached hydrogens (tertiary/aromatic N) is 1. The summed E-state index contributed by atoms with van der Waals surface area (Å²) in [6.45, 7) is 3.35. The first kappa shape index (κ1) is 22.7. The Morgan fingerprint density at radius 1 is 1.21 bits per heavy atom. The quantitative estimate of drug-likeness (QED) is 0.418. The number of hydrogen-bond acceptors (Lipinski definition) is 6. The Hall–Kier alpha value is -3.10. The standard InChI is InChI=1S/C26H24BrNO6/c1-2-32-18-8-5-15(6-9-18)23-22(25(30)26(31)28(23)14-19-4-3-11-33-19)24(29)21-13-16-12-17(27)7-10-20(16)34-21/h5-10,12-13,19,23,30H,2-4,11,14H2,1H3. The van der Waals surface area contributed by atoms with Gasteiger partial charge in [0.25, 0.3) is 5.91 Å². The van der Waals surface area contributed by atoms with E-state index in [1.165, 1.54) is 4.90 Å². The molecule has 2 aliphatic heterocycles. The second-order valence-corrected chi connectivity index (χ2v) is 9.30. The molecule has 0 spiro atoms. The van der Waals surface area contributed by atoms with Crippen LogP contribution in [0.5, 0.6) is 5.75 Å². The van der Waals surface area contributed by atoms with E-state index < -0.39 is 23.5 Å². The molecule has 3 aromatic rings. The Morgan fingerprint density at radius 3 is 2.71 bits per heavy atom. The number of aliphatic hydroxyl groups is 1. The lowest BCUT2D eigenvalue weighted by molar-refractivity contribution is -0.131. The lowest BCUT2D eigenvalue weighted by Gasteiger charge is -2.28. The van der Waals surface area contributed by atoms with E-state index in [0.29, 0.717) is 30.1 Å². The minimum atomic E-state index is -0.764. The van der Waals surface area contributed by atoms with Crippen molar-refractivity contribution in [2.24, 2.45) is 0 Å². The minimum Gasteiger partial charge on any atom is -0.503 e. The van der Waals surface area contributed by atoms with Gasteiger partial charge in [-0.05, 0) is 61.7 Å². The van der Waals surface area contributed by atoms with Crippen LogP contribution >= 0.6 is 15.9 Å². The molecule has 7 nitrogen and oxygen atoms in total. The molecule has 0 radical (unpaired) electrons. The van der Waals surface area contributed by atoms with Crippen molar-refractivity contribution in [3.8, 4) is 5.75 Å². The number of Topliss-reactive ketones (excluding diaryl/α,β-unsaturated/α-hetero) is 1. The van der Waals surface area contributed by atoms with Crippen molar-refractivity contribution in [1.82, 2.24) is 4.90 Å². The molecule has 5 rings (SSSR count). The number of ketones is 1. The molecule has 1 amide bonds. The third-order valence-corrected chi connectivity index (χ3v) is 6.67. The molecule has 1 saturated heterocycles. The fraction of sp³-hybridized carbons (Fsp3) is 0.308. The maximum Gasteiger partial charge on any atom is 0.290 e. The Morgan fingerprint density at radius 2 is 2.00 bits per heavy atom. The Labute approximate surface area is 205 Å². The summed E-state index contributed by atoms with van der Waals surface area (Å²) in [5.41, 5.74) is 1.25. The number of aliphatic hydroxyl groups excluding tert-OH is 1. The third-order valence-electron chi connectivity index (χ3n) is 6.18. The van der Waals surface area contributed by atoms with Crippen LogP contribution in [0.4, 0.5) is 0 Å². The zero-order valence-corrected chi connectivity index (χ0v) is 20.2. The number of furan rings is 1. The van der Waals surface area contributed by atoms with Crippen LogP contribution in [0.1, 0.15) is 41.9 Å². The van der Waals surface area contributed by atoms with Gasteiger partial charge in [-0.3, -0.25) is 9.59 Å². The van der Waals surface area contributed by atoms with Crippen LogP contribution < -0.4 is 4.74 Å². The first-order valence-electron chi connectivity index (χ1n) is 11.3. The average Bonchev–Trinajstić information content (AvgIpc) is 3.55. The molecule has 1 N–H and O–H groups in total. The van der Waals surface area contributed by atoms with E-state index in [2.05, 4.69) is 15.9 Å². The molecule has 34 heavy (non-hydrogen) atoms. The van der Waals surface area contributed by atoms with E-state index in [1.807, 2.05) is 31.2 Å².